The van der Waals surface area contributed by atoms with Gasteiger partial charge in [-0.25, -0.2) is 18.5 Å². The zero-order valence-electron chi connectivity index (χ0n) is 14.9. The summed E-state index contributed by atoms with van der Waals surface area (Å²) in [5.74, 6) is 0.923. The van der Waals surface area contributed by atoms with Gasteiger partial charge in [0.2, 0.25) is 10.0 Å². The molecule has 0 atom stereocenters. The van der Waals surface area contributed by atoms with Gasteiger partial charge in [0.25, 0.3) is 0 Å². The number of hydrogen-bond acceptors (Lipinski definition) is 3. The van der Waals surface area contributed by atoms with Gasteiger partial charge in [0, 0.05) is 19.6 Å². The minimum absolute atomic E-state index is 0.135. The van der Waals surface area contributed by atoms with Crippen molar-refractivity contribution in [1.82, 2.24) is 10.2 Å². The molecule has 1 saturated carbocycles. The molecule has 6 nitrogen and oxygen atoms in total. The van der Waals surface area contributed by atoms with Gasteiger partial charge in [-0.1, -0.05) is 25.0 Å². The maximum absolute atomic E-state index is 11.5. The molecule has 3 rings (SSSR count). The molecule has 3 N–H and O–H groups in total. The summed E-state index contributed by atoms with van der Waals surface area (Å²) in [6, 6.07) is 6.70. The Labute approximate surface area is 150 Å². The van der Waals surface area contributed by atoms with Crippen LogP contribution in [0.3, 0.4) is 0 Å². The lowest BCUT2D eigenvalue weighted by Gasteiger charge is -2.26. The molecule has 0 aromatic heterocycles. The SMILES string of the molecule is CCNC(=NCc1cccc(S(N)(=O)=O)c1)N1CCC2(CCCC2)C1. The summed E-state index contributed by atoms with van der Waals surface area (Å²) >= 11 is 0. The minimum Gasteiger partial charge on any atom is -0.357 e. The molecule has 1 spiro atoms. The molecule has 7 heteroatoms. The average Bonchev–Trinajstić information content (AvgIpc) is 3.21. The lowest BCUT2D eigenvalue weighted by molar-refractivity contribution is 0.309. The van der Waals surface area contributed by atoms with Crippen LogP contribution in [0.4, 0.5) is 0 Å². The molecule has 0 amide bonds. The van der Waals surface area contributed by atoms with Gasteiger partial charge in [0.1, 0.15) is 0 Å². The van der Waals surface area contributed by atoms with Gasteiger partial charge in [-0.2, -0.15) is 0 Å². The van der Waals surface area contributed by atoms with Crippen molar-refractivity contribution < 1.29 is 8.42 Å². The van der Waals surface area contributed by atoms with Gasteiger partial charge in [0.05, 0.1) is 11.4 Å². The summed E-state index contributed by atoms with van der Waals surface area (Å²) < 4.78 is 23.0. The Morgan fingerprint density at radius 2 is 2.08 bits per heavy atom. The predicted octanol–water partition coefficient (Wildman–Crippen LogP) is 2.07. The van der Waals surface area contributed by atoms with Crippen molar-refractivity contribution in [3.05, 3.63) is 29.8 Å². The number of nitrogens with zero attached hydrogens (tertiary/aromatic N) is 2. The molecule has 0 unspecified atom stereocenters. The molecule has 1 saturated heterocycles. The summed E-state index contributed by atoms with van der Waals surface area (Å²) in [7, 11) is -3.68. The number of hydrogen-bond donors (Lipinski definition) is 2. The number of nitrogens with two attached hydrogens (primary N) is 1. The van der Waals surface area contributed by atoms with Crippen LogP contribution in [0.5, 0.6) is 0 Å². The van der Waals surface area contributed by atoms with Crippen LogP contribution in [-0.2, 0) is 16.6 Å². The standard InChI is InChI=1S/C18H28N4O2S/c1-2-20-17(22-11-10-18(14-22)8-3-4-9-18)21-13-15-6-5-7-16(12-15)25(19,23)24/h5-7,12H,2-4,8-11,13-14H2,1H3,(H,20,21)(H2,19,23,24). The van der Waals surface area contributed by atoms with Gasteiger partial charge >= 0.3 is 0 Å². The number of guanidine groups is 1. The number of nitrogens with one attached hydrogen (secondary N) is 1. The third kappa shape index (κ3) is 4.33. The number of rotatable bonds is 4. The highest BCUT2D eigenvalue weighted by atomic mass is 32.2. The van der Waals surface area contributed by atoms with Crippen LogP contribution in [-0.4, -0.2) is 38.9 Å². The molecule has 1 aliphatic heterocycles. The van der Waals surface area contributed by atoms with Crippen LogP contribution < -0.4 is 10.5 Å². The van der Waals surface area contributed by atoms with Gasteiger partial charge in [-0.05, 0) is 49.3 Å². The van der Waals surface area contributed by atoms with E-state index in [4.69, 9.17) is 10.1 Å². The first kappa shape index (κ1) is 18.2. The fourth-order valence-electron chi connectivity index (χ4n) is 4.06. The Bertz CT molecular complexity index is 739. The van der Waals surface area contributed by atoms with Gasteiger partial charge in [-0.15, -0.1) is 0 Å². The third-order valence-corrected chi connectivity index (χ3v) is 6.29. The van der Waals surface area contributed by atoms with E-state index in [1.54, 1.807) is 12.1 Å². The molecule has 1 heterocycles. The van der Waals surface area contributed by atoms with Gasteiger partial charge in [-0.3, -0.25) is 0 Å². The van der Waals surface area contributed by atoms with Gasteiger partial charge in [0.15, 0.2) is 5.96 Å². The zero-order chi connectivity index (χ0) is 17.9. The van der Waals surface area contributed by atoms with Gasteiger partial charge < -0.3 is 10.2 Å². The quantitative estimate of drug-likeness (QED) is 0.632. The Morgan fingerprint density at radius 3 is 2.76 bits per heavy atom. The number of aliphatic imine (C=N–C) groups is 1. The molecular weight excluding hydrogens is 336 g/mol. The zero-order valence-corrected chi connectivity index (χ0v) is 15.7. The van der Waals surface area contributed by atoms with E-state index in [2.05, 4.69) is 17.1 Å². The van der Waals surface area contributed by atoms with E-state index in [0.717, 1.165) is 31.2 Å². The van der Waals surface area contributed by atoms with E-state index in [1.807, 2.05) is 6.07 Å². The second kappa shape index (κ2) is 7.33. The maximum atomic E-state index is 11.5. The molecule has 1 aliphatic carbocycles. The van der Waals surface area contributed by atoms with Crippen LogP contribution in [0.2, 0.25) is 0 Å². The third-order valence-electron chi connectivity index (χ3n) is 5.38. The molecule has 2 aliphatic rings. The monoisotopic (exact) mass is 364 g/mol. The van der Waals surface area contributed by atoms with Crippen molar-refractivity contribution in [3.63, 3.8) is 0 Å². The van der Waals surface area contributed by atoms with Crippen molar-refractivity contribution in [2.75, 3.05) is 19.6 Å². The molecule has 138 valence electrons. The van der Waals surface area contributed by atoms with E-state index >= 15 is 0 Å². The van der Waals surface area contributed by atoms with Crippen LogP contribution in [0.15, 0.2) is 34.2 Å². The van der Waals surface area contributed by atoms with E-state index < -0.39 is 10.0 Å². The molecule has 25 heavy (non-hydrogen) atoms. The first-order chi connectivity index (χ1) is 11.9. The van der Waals surface area contributed by atoms with Crippen LogP contribution in [0.25, 0.3) is 0 Å². The van der Waals surface area contributed by atoms with E-state index in [-0.39, 0.29) is 4.90 Å². The second-order valence-corrected chi connectivity index (χ2v) is 8.80. The van der Waals surface area contributed by atoms with E-state index in [1.165, 1.54) is 38.2 Å². The van der Waals surface area contributed by atoms with Crippen LogP contribution in [0.1, 0.15) is 44.6 Å². The highest BCUT2D eigenvalue weighted by molar-refractivity contribution is 7.89. The Hall–Kier alpha value is -1.60. The molecule has 2 fully saturated rings. The smallest absolute Gasteiger partial charge is 0.238 e. The summed E-state index contributed by atoms with van der Waals surface area (Å²) in [6.45, 7) is 5.45. The summed E-state index contributed by atoms with van der Waals surface area (Å²) in [5, 5.41) is 8.59. The van der Waals surface area contributed by atoms with E-state index in [9.17, 15) is 8.42 Å². The number of benzene rings is 1. The van der Waals surface area contributed by atoms with Crippen molar-refractivity contribution in [1.29, 1.82) is 0 Å². The largest absolute Gasteiger partial charge is 0.357 e. The minimum atomic E-state index is -3.68. The highest BCUT2D eigenvalue weighted by Crippen LogP contribution is 2.45. The van der Waals surface area contributed by atoms with Crippen molar-refractivity contribution in [3.8, 4) is 0 Å². The van der Waals surface area contributed by atoms with Crippen molar-refractivity contribution >= 4 is 16.0 Å². The molecule has 0 radical (unpaired) electrons. The molecule has 1 aromatic rings. The lowest BCUT2D eigenvalue weighted by Crippen LogP contribution is -2.41. The van der Waals surface area contributed by atoms with Crippen LogP contribution >= 0.6 is 0 Å². The average molecular weight is 365 g/mol. The fourth-order valence-corrected chi connectivity index (χ4v) is 4.65. The Kier molecular flexibility index (Phi) is 5.34. The first-order valence-corrected chi connectivity index (χ1v) is 10.6. The normalized spacial score (nSPS) is 20.4. The highest BCUT2D eigenvalue weighted by Gasteiger charge is 2.41. The number of likely N-dealkylation sites (tertiary alicyclic amines) is 1. The second-order valence-electron chi connectivity index (χ2n) is 7.24. The predicted molar refractivity (Wildman–Crippen MR) is 99.7 cm³/mol. The van der Waals surface area contributed by atoms with E-state index in [0.29, 0.717) is 12.0 Å². The summed E-state index contributed by atoms with van der Waals surface area (Å²) in [5.41, 5.74) is 1.33. The molecule has 1 aromatic carbocycles. The van der Waals surface area contributed by atoms with Crippen molar-refractivity contribution in [2.45, 2.75) is 50.5 Å². The summed E-state index contributed by atoms with van der Waals surface area (Å²) in [4.78, 5) is 7.23. The topological polar surface area (TPSA) is 87.8 Å². The Morgan fingerprint density at radius 1 is 1.32 bits per heavy atom. The van der Waals surface area contributed by atoms with Crippen LogP contribution in [0, 0.1) is 5.41 Å². The first-order valence-electron chi connectivity index (χ1n) is 9.07. The number of sulfonamides is 1. The maximum Gasteiger partial charge on any atom is 0.238 e. The molecule has 0 bridgehead atoms. The number of primary sulfonamides is 1. The fraction of sp³-hybridized carbons (Fsp3) is 0.611. The van der Waals surface area contributed by atoms with Crippen molar-refractivity contribution in [2.24, 2.45) is 15.5 Å². The summed E-state index contributed by atoms with van der Waals surface area (Å²) in [6.07, 6.45) is 6.61. The Balaban J connectivity index is 1.73. The molecular formula is C18H28N4O2S. The lowest BCUT2D eigenvalue weighted by atomic mass is 9.86.